The quantitative estimate of drug-likeness (QED) is 0.0438. The summed E-state index contributed by atoms with van der Waals surface area (Å²) < 4.78 is 30.7. The van der Waals surface area contributed by atoms with Crippen LogP contribution in [-0.4, -0.2) is 72.1 Å². The van der Waals surface area contributed by atoms with E-state index in [1.807, 2.05) is 18.2 Å². The number of guanidine groups is 1. The number of rotatable bonds is 17. The van der Waals surface area contributed by atoms with Crippen molar-refractivity contribution in [3.8, 4) is 28.5 Å². The molecule has 4 aromatic rings. The van der Waals surface area contributed by atoms with Crippen LogP contribution in [0.2, 0.25) is 0 Å². The first-order valence-corrected chi connectivity index (χ1v) is 16.4. The zero-order chi connectivity index (χ0) is 35.6. The first-order valence-electron chi connectivity index (χ1n) is 15.5. The summed E-state index contributed by atoms with van der Waals surface area (Å²) in [6, 6.07) is 17.4. The maximum Gasteiger partial charge on any atom is 0.326 e. The van der Waals surface area contributed by atoms with E-state index >= 15 is 0 Å². The zero-order valence-corrected chi connectivity index (χ0v) is 28.6. The number of halogens is 1. The number of thioether (sulfide) groups is 1. The summed E-state index contributed by atoms with van der Waals surface area (Å²) in [4.78, 5) is 36.5. The third kappa shape index (κ3) is 9.66. The van der Waals surface area contributed by atoms with Crippen molar-refractivity contribution in [1.29, 1.82) is 0 Å². The molecule has 0 radical (unpaired) electrons. The number of aliphatic carboxylic acids is 1. The van der Waals surface area contributed by atoms with Gasteiger partial charge in [-0.05, 0) is 79.1 Å². The molecule has 1 atom stereocenters. The van der Waals surface area contributed by atoms with Crippen molar-refractivity contribution < 1.29 is 33.3 Å². The van der Waals surface area contributed by atoms with Gasteiger partial charge in [0, 0.05) is 28.8 Å². The number of carboxylic acids is 1. The fourth-order valence-electron chi connectivity index (χ4n) is 5.06. The predicted octanol–water partition coefficient (Wildman–Crippen LogP) is 4.97. The van der Waals surface area contributed by atoms with Crippen LogP contribution in [0.25, 0.3) is 11.3 Å². The van der Waals surface area contributed by atoms with Crippen LogP contribution in [0, 0.1) is 5.82 Å². The van der Waals surface area contributed by atoms with E-state index in [1.165, 1.54) is 23.9 Å². The molecule has 0 fully saturated rings. The molecule has 0 aliphatic rings. The molecule has 0 bridgehead atoms. The van der Waals surface area contributed by atoms with Crippen LogP contribution in [0.15, 0.2) is 76.9 Å². The number of aromatic nitrogens is 2. The highest BCUT2D eigenvalue weighted by atomic mass is 32.2. The predicted molar refractivity (Wildman–Crippen MR) is 187 cm³/mol. The smallest absolute Gasteiger partial charge is 0.326 e. The second kappa shape index (κ2) is 16.7. The normalized spacial score (nSPS) is 11.8. The first kappa shape index (κ1) is 36.6. The average molecular weight is 693 g/mol. The van der Waals surface area contributed by atoms with Crippen molar-refractivity contribution in [2.75, 3.05) is 33.1 Å². The Morgan fingerprint density at radius 3 is 2.37 bits per heavy atom. The SMILES string of the molecule is COc1ccc(C(C)(C)c2[nH]c(SCCOc3ccc(C(=O)N[C@@H](CCCN=C(N)N)C(=O)O)cc3)nc2-c2ccc(F)cc2)cc1OC. The molecule has 0 spiro atoms. The highest BCUT2D eigenvalue weighted by Gasteiger charge is 2.31. The van der Waals surface area contributed by atoms with E-state index in [4.69, 9.17) is 30.7 Å². The summed E-state index contributed by atoms with van der Waals surface area (Å²) in [5.41, 5.74) is 13.6. The molecule has 1 aromatic heterocycles. The standard InChI is InChI=1S/C35H41FN6O6S/c1-35(2,23-11-16-27(46-3)28(20-23)47-4)30-29(21-7-12-24(36)13-8-21)41-34(42-30)49-19-18-48-25-14-9-22(10-15-25)31(43)40-26(32(44)45)6-5-17-39-33(37)38/h7-16,20,26H,5-6,17-19H2,1-4H3,(H,40,43)(H,41,42)(H,44,45)(H4,37,38,39)/t26-/m0/s1. The van der Waals surface area contributed by atoms with E-state index in [-0.39, 0.29) is 24.7 Å². The number of benzene rings is 3. The number of aliphatic imine (C=N–C) groups is 1. The number of methoxy groups -OCH3 is 2. The van der Waals surface area contributed by atoms with Crippen molar-refractivity contribution in [3.63, 3.8) is 0 Å². The Hall–Kier alpha value is -5.24. The lowest BCUT2D eigenvalue weighted by atomic mass is 9.79. The van der Waals surface area contributed by atoms with Gasteiger partial charge in [-0.25, -0.2) is 14.2 Å². The Morgan fingerprint density at radius 2 is 1.73 bits per heavy atom. The van der Waals surface area contributed by atoms with Gasteiger partial charge >= 0.3 is 5.97 Å². The summed E-state index contributed by atoms with van der Waals surface area (Å²) in [6.45, 7) is 4.76. The molecule has 49 heavy (non-hydrogen) atoms. The monoisotopic (exact) mass is 692 g/mol. The number of hydrogen-bond acceptors (Lipinski definition) is 8. The average Bonchev–Trinajstić information content (AvgIpc) is 3.53. The van der Waals surface area contributed by atoms with Gasteiger partial charge in [0.1, 0.15) is 17.6 Å². The van der Waals surface area contributed by atoms with E-state index in [2.05, 4.69) is 29.1 Å². The maximum absolute atomic E-state index is 13.8. The third-order valence-corrected chi connectivity index (χ3v) is 8.62. The first-order chi connectivity index (χ1) is 23.4. The van der Waals surface area contributed by atoms with Gasteiger partial charge in [-0.2, -0.15) is 0 Å². The number of ether oxygens (including phenoxy) is 3. The lowest BCUT2D eigenvalue weighted by Gasteiger charge is -2.26. The van der Waals surface area contributed by atoms with Crippen LogP contribution in [0.4, 0.5) is 4.39 Å². The molecule has 1 heterocycles. The Kier molecular flexibility index (Phi) is 12.5. The second-order valence-corrected chi connectivity index (χ2v) is 12.6. The molecule has 4 rings (SSSR count). The second-order valence-electron chi connectivity index (χ2n) is 11.5. The summed E-state index contributed by atoms with van der Waals surface area (Å²) in [6.07, 6.45) is 0.565. The summed E-state index contributed by atoms with van der Waals surface area (Å²) in [5, 5.41) is 12.7. The number of H-pyrrole nitrogens is 1. The molecule has 1 amide bonds. The summed E-state index contributed by atoms with van der Waals surface area (Å²) >= 11 is 1.47. The van der Waals surface area contributed by atoms with Gasteiger partial charge in [-0.3, -0.25) is 9.79 Å². The van der Waals surface area contributed by atoms with E-state index in [0.717, 1.165) is 16.8 Å². The maximum atomic E-state index is 13.8. The molecule has 0 saturated carbocycles. The molecule has 0 aliphatic heterocycles. The Bertz CT molecular complexity index is 1760. The van der Waals surface area contributed by atoms with Gasteiger partial charge in [0.05, 0.1) is 32.2 Å². The molecule has 12 nitrogen and oxygen atoms in total. The van der Waals surface area contributed by atoms with E-state index in [0.29, 0.717) is 52.4 Å². The number of imidazole rings is 1. The van der Waals surface area contributed by atoms with Gasteiger partial charge in [0.2, 0.25) is 0 Å². The van der Waals surface area contributed by atoms with Crippen molar-refractivity contribution in [2.45, 2.75) is 43.3 Å². The number of nitrogens with one attached hydrogen (secondary N) is 2. The number of carbonyl (C=O) groups is 2. The summed E-state index contributed by atoms with van der Waals surface area (Å²) in [5.74, 6) is 0.262. The number of carboxylic acid groups (broad SMARTS) is 1. The molecule has 7 N–H and O–H groups in total. The van der Waals surface area contributed by atoms with E-state index < -0.39 is 23.3 Å². The molecule has 0 unspecified atom stereocenters. The van der Waals surface area contributed by atoms with Crippen molar-refractivity contribution in [2.24, 2.45) is 16.5 Å². The molecule has 0 saturated heterocycles. The lowest BCUT2D eigenvalue weighted by Crippen LogP contribution is -2.40. The zero-order valence-electron chi connectivity index (χ0n) is 27.8. The fraction of sp³-hybridized carbons (Fsp3) is 0.314. The number of hydrogen-bond donors (Lipinski definition) is 5. The Labute approximate surface area is 288 Å². The van der Waals surface area contributed by atoms with Crippen LogP contribution in [-0.2, 0) is 10.2 Å². The Balaban J connectivity index is 1.40. The highest BCUT2D eigenvalue weighted by Crippen LogP contribution is 2.41. The molecule has 3 aromatic carbocycles. The number of carbonyl (C=O) groups excluding carboxylic acids is 1. The van der Waals surface area contributed by atoms with Crippen LogP contribution in [0.3, 0.4) is 0 Å². The minimum Gasteiger partial charge on any atom is -0.493 e. The number of nitrogens with zero attached hydrogens (tertiary/aromatic N) is 2. The van der Waals surface area contributed by atoms with Gasteiger partial charge in [-0.1, -0.05) is 31.7 Å². The van der Waals surface area contributed by atoms with Crippen molar-refractivity contribution in [1.82, 2.24) is 15.3 Å². The van der Waals surface area contributed by atoms with Crippen molar-refractivity contribution >= 4 is 29.6 Å². The van der Waals surface area contributed by atoms with Crippen LogP contribution >= 0.6 is 11.8 Å². The molecule has 0 aliphatic carbocycles. The Morgan fingerprint density at radius 1 is 1.04 bits per heavy atom. The van der Waals surface area contributed by atoms with Gasteiger partial charge in [0.15, 0.2) is 22.6 Å². The van der Waals surface area contributed by atoms with Crippen molar-refractivity contribution in [3.05, 3.63) is 89.4 Å². The van der Waals surface area contributed by atoms with Crippen LogP contribution in [0.1, 0.15) is 48.3 Å². The number of nitrogens with two attached hydrogens (primary N) is 2. The van der Waals surface area contributed by atoms with Gasteiger partial charge in [-0.15, -0.1) is 0 Å². The third-order valence-electron chi connectivity index (χ3n) is 7.79. The minimum absolute atomic E-state index is 0.0746. The minimum atomic E-state index is -1.14. The van der Waals surface area contributed by atoms with E-state index in [9.17, 15) is 19.1 Å². The van der Waals surface area contributed by atoms with Gasteiger partial charge in [0.25, 0.3) is 5.91 Å². The molecular weight excluding hydrogens is 651 g/mol. The van der Waals surface area contributed by atoms with Crippen LogP contribution in [0.5, 0.6) is 17.2 Å². The highest BCUT2D eigenvalue weighted by molar-refractivity contribution is 7.99. The molecule has 14 heteroatoms. The fourth-order valence-corrected chi connectivity index (χ4v) is 5.75. The lowest BCUT2D eigenvalue weighted by molar-refractivity contribution is -0.139. The topological polar surface area (TPSA) is 187 Å². The molecular formula is C35H41FN6O6S. The van der Waals surface area contributed by atoms with E-state index in [1.54, 1.807) is 50.6 Å². The largest absolute Gasteiger partial charge is 0.493 e. The summed E-state index contributed by atoms with van der Waals surface area (Å²) in [7, 11) is 3.18. The molecule has 260 valence electrons. The van der Waals surface area contributed by atoms with Crippen LogP contribution < -0.4 is 31.0 Å². The van der Waals surface area contributed by atoms with Gasteiger partial charge < -0.3 is 41.1 Å². The number of amides is 1. The number of aromatic amines is 1.